The quantitative estimate of drug-likeness (QED) is 0.745. The van der Waals surface area contributed by atoms with Gasteiger partial charge in [-0.05, 0) is 57.5 Å². The van der Waals surface area contributed by atoms with E-state index in [-0.39, 0.29) is 18.7 Å². The highest BCUT2D eigenvalue weighted by Gasteiger charge is 2.15. The molecule has 1 atom stereocenters. The van der Waals surface area contributed by atoms with E-state index in [4.69, 9.17) is 5.11 Å². The van der Waals surface area contributed by atoms with Gasteiger partial charge in [-0.1, -0.05) is 0 Å². The molecule has 0 spiro atoms. The molecule has 0 radical (unpaired) electrons. The van der Waals surface area contributed by atoms with Gasteiger partial charge in [-0.2, -0.15) is 0 Å². The number of hydrogen-bond acceptors (Lipinski definition) is 4. The zero-order valence-corrected chi connectivity index (χ0v) is 15.0. The fraction of sp³-hybridized carbons (Fsp3) is 0.611. The molecule has 1 saturated heterocycles. The Hall–Kier alpha value is -1.79. The van der Waals surface area contributed by atoms with E-state index < -0.39 is 0 Å². The Morgan fingerprint density at radius 3 is 2.62 bits per heavy atom. The molecule has 0 aromatic heterocycles. The molecule has 24 heavy (non-hydrogen) atoms. The van der Waals surface area contributed by atoms with Crippen molar-refractivity contribution in [2.45, 2.75) is 32.7 Å². The Labute approximate surface area is 144 Å². The summed E-state index contributed by atoms with van der Waals surface area (Å²) in [5.41, 5.74) is 3.10. The molecule has 3 N–H and O–H groups in total. The van der Waals surface area contributed by atoms with E-state index in [0.29, 0.717) is 6.42 Å². The van der Waals surface area contributed by atoms with Crippen LogP contribution in [0, 0.1) is 6.92 Å². The predicted molar refractivity (Wildman–Crippen MR) is 98.8 cm³/mol. The zero-order chi connectivity index (χ0) is 17.5. The zero-order valence-electron chi connectivity index (χ0n) is 15.0. The average Bonchev–Trinajstić information content (AvgIpc) is 2.55. The molecule has 1 heterocycles. The first-order chi connectivity index (χ1) is 11.5. The number of nitrogens with one attached hydrogen (secondary N) is 2. The minimum absolute atomic E-state index is 0.0436. The van der Waals surface area contributed by atoms with E-state index in [1.54, 1.807) is 0 Å². The molecule has 134 valence electrons. The van der Waals surface area contributed by atoms with Crippen molar-refractivity contribution in [3.63, 3.8) is 0 Å². The van der Waals surface area contributed by atoms with Crippen molar-refractivity contribution in [3.05, 3.63) is 23.8 Å². The standard InChI is InChI=1S/C18H30N4O2/c1-14-13-16(22-10-8-21(3)9-11-22)6-7-17(14)20-18(24)19-15(2)5-4-12-23/h6-7,13,15,23H,4-5,8-12H2,1-3H3,(H2,19,20,24). The number of benzene rings is 1. The summed E-state index contributed by atoms with van der Waals surface area (Å²) < 4.78 is 0. The van der Waals surface area contributed by atoms with Gasteiger partial charge in [0.05, 0.1) is 0 Å². The predicted octanol–water partition coefficient (Wildman–Crippen LogP) is 2.03. The van der Waals surface area contributed by atoms with E-state index in [1.165, 1.54) is 5.69 Å². The Morgan fingerprint density at radius 1 is 1.29 bits per heavy atom. The van der Waals surface area contributed by atoms with Crippen molar-refractivity contribution in [2.24, 2.45) is 0 Å². The summed E-state index contributed by atoms with van der Waals surface area (Å²) in [5.74, 6) is 0. The minimum atomic E-state index is -0.198. The van der Waals surface area contributed by atoms with Gasteiger partial charge in [0.2, 0.25) is 0 Å². The number of urea groups is 1. The molecule has 6 nitrogen and oxygen atoms in total. The number of aryl methyl sites for hydroxylation is 1. The fourth-order valence-electron chi connectivity index (χ4n) is 2.90. The van der Waals surface area contributed by atoms with Gasteiger partial charge in [0, 0.05) is 50.2 Å². The Bertz CT molecular complexity index is 542. The van der Waals surface area contributed by atoms with Crippen LogP contribution < -0.4 is 15.5 Å². The van der Waals surface area contributed by atoms with Gasteiger partial charge in [-0.15, -0.1) is 0 Å². The molecule has 0 bridgehead atoms. The number of anilines is 2. The number of aliphatic hydroxyl groups excluding tert-OH is 1. The number of carbonyl (C=O) groups excluding carboxylic acids is 1. The molecule has 1 aliphatic rings. The van der Waals surface area contributed by atoms with Crippen molar-refractivity contribution in [2.75, 3.05) is 50.1 Å². The maximum absolute atomic E-state index is 12.1. The first-order valence-corrected chi connectivity index (χ1v) is 8.72. The highest BCUT2D eigenvalue weighted by Crippen LogP contribution is 2.23. The molecular formula is C18H30N4O2. The minimum Gasteiger partial charge on any atom is -0.396 e. The van der Waals surface area contributed by atoms with Gasteiger partial charge in [0.1, 0.15) is 0 Å². The smallest absolute Gasteiger partial charge is 0.319 e. The van der Waals surface area contributed by atoms with Crippen LogP contribution in [0.5, 0.6) is 0 Å². The van der Waals surface area contributed by atoms with Crippen LogP contribution in [0.1, 0.15) is 25.3 Å². The Kier molecular flexibility index (Phi) is 6.87. The van der Waals surface area contributed by atoms with E-state index >= 15 is 0 Å². The highest BCUT2D eigenvalue weighted by molar-refractivity contribution is 5.90. The second-order valence-corrected chi connectivity index (χ2v) is 6.65. The lowest BCUT2D eigenvalue weighted by Crippen LogP contribution is -2.44. The van der Waals surface area contributed by atoms with Crippen LogP contribution in [0.4, 0.5) is 16.2 Å². The molecule has 6 heteroatoms. The van der Waals surface area contributed by atoms with E-state index in [0.717, 1.165) is 43.9 Å². The molecule has 1 aromatic rings. The van der Waals surface area contributed by atoms with Gasteiger partial charge in [-0.3, -0.25) is 0 Å². The van der Waals surface area contributed by atoms with Crippen molar-refractivity contribution in [1.82, 2.24) is 10.2 Å². The summed E-state index contributed by atoms with van der Waals surface area (Å²) in [6, 6.07) is 6.03. The summed E-state index contributed by atoms with van der Waals surface area (Å²) in [5, 5.41) is 14.6. The second-order valence-electron chi connectivity index (χ2n) is 6.65. The number of nitrogens with zero attached hydrogens (tertiary/aromatic N) is 2. The summed E-state index contributed by atoms with van der Waals surface area (Å²) in [4.78, 5) is 16.8. The third kappa shape index (κ3) is 5.39. The number of carbonyl (C=O) groups is 1. The fourth-order valence-corrected chi connectivity index (χ4v) is 2.90. The van der Waals surface area contributed by atoms with Crippen molar-refractivity contribution in [3.8, 4) is 0 Å². The lowest BCUT2D eigenvalue weighted by atomic mass is 10.1. The first kappa shape index (κ1) is 18.5. The first-order valence-electron chi connectivity index (χ1n) is 8.72. The normalized spacial score (nSPS) is 16.8. The molecule has 1 unspecified atom stereocenters. The average molecular weight is 334 g/mol. The van der Waals surface area contributed by atoms with Crippen molar-refractivity contribution < 1.29 is 9.90 Å². The summed E-state index contributed by atoms with van der Waals surface area (Å²) in [6.45, 7) is 8.33. The number of hydrogen-bond donors (Lipinski definition) is 3. The lowest BCUT2D eigenvalue weighted by Gasteiger charge is -2.34. The van der Waals surface area contributed by atoms with Crippen LogP contribution in [-0.4, -0.2) is 61.9 Å². The number of piperazine rings is 1. The third-order valence-corrected chi connectivity index (χ3v) is 4.50. The maximum Gasteiger partial charge on any atom is 0.319 e. The molecule has 1 fully saturated rings. The molecule has 1 aromatic carbocycles. The van der Waals surface area contributed by atoms with Crippen LogP contribution in [0.3, 0.4) is 0 Å². The van der Waals surface area contributed by atoms with Crippen molar-refractivity contribution >= 4 is 17.4 Å². The number of aliphatic hydroxyl groups is 1. The van der Waals surface area contributed by atoms with E-state index in [2.05, 4.69) is 39.6 Å². The Balaban J connectivity index is 1.91. The van der Waals surface area contributed by atoms with Crippen LogP contribution >= 0.6 is 0 Å². The van der Waals surface area contributed by atoms with Gasteiger partial charge >= 0.3 is 6.03 Å². The molecule has 1 aliphatic heterocycles. The van der Waals surface area contributed by atoms with Gasteiger partial charge in [0.25, 0.3) is 0 Å². The summed E-state index contributed by atoms with van der Waals surface area (Å²) >= 11 is 0. The number of likely N-dealkylation sites (N-methyl/N-ethyl adjacent to an activating group) is 1. The summed E-state index contributed by atoms with van der Waals surface area (Å²) in [7, 11) is 2.15. The molecule has 0 saturated carbocycles. The summed E-state index contributed by atoms with van der Waals surface area (Å²) in [6.07, 6.45) is 1.46. The molecule has 2 amide bonds. The van der Waals surface area contributed by atoms with Crippen LogP contribution in [0.25, 0.3) is 0 Å². The third-order valence-electron chi connectivity index (χ3n) is 4.50. The van der Waals surface area contributed by atoms with Crippen LogP contribution in [0.2, 0.25) is 0 Å². The number of rotatable bonds is 6. The molecular weight excluding hydrogens is 304 g/mol. The lowest BCUT2D eigenvalue weighted by molar-refractivity contribution is 0.245. The number of amides is 2. The van der Waals surface area contributed by atoms with Crippen LogP contribution in [-0.2, 0) is 0 Å². The van der Waals surface area contributed by atoms with Crippen LogP contribution in [0.15, 0.2) is 18.2 Å². The molecule has 2 rings (SSSR count). The van der Waals surface area contributed by atoms with E-state index in [1.807, 2.05) is 19.9 Å². The second kappa shape index (κ2) is 8.89. The van der Waals surface area contributed by atoms with Gasteiger partial charge in [-0.25, -0.2) is 4.79 Å². The van der Waals surface area contributed by atoms with Gasteiger partial charge in [0.15, 0.2) is 0 Å². The molecule has 0 aliphatic carbocycles. The van der Waals surface area contributed by atoms with Gasteiger partial charge < -0.3 is 25.5 Å². The topological polar surface area (TPSA) is 67.8 Å². The monoisotopic (exact) mass is 334 g/mol. The Morgan fingerprint density at radius 2 is 2.00 bits per heavy atom. The SMILES string of the molecule is Cc1cc(N2CCN(C)CC2)ccc1NC(=O)NC(C)CCCO. The largest absolute Gasteiger partial charge is 0.396 e. The van der Waals surface area contributed by atoms with E-state index in [9.17, 15) is 4.79 Å². The highest BCUT2D eigenvalue weighted by atomic mass is 16.3. The van der Waals surface area contributed by atoms with Crippen molar-refractivity contribution in [1.29, 1.82) is 0 Å². The maximum atomic E-state index is 12.1.